The van der Waals surface area contributed by atoms with Crippen LogP contribution in [0.1, 0.15) is 17.8 Å². The van der Waals surface area contributed by atoms with Crippen LogP contribution in [0, 0.1) is 0 Å². The second-order valence-electron chi connectivity index (χ2n) is 2.73. The van der Waals surface area contributed by atoms with Crippen molar-refractivity contribution in [3.63, 3.8) is 0 Å². The highest BCUT2D eigenvalue weighted by atomic mass is 32.2. The van der Waals surface area contributed by atoms with Crippen molar-refractivity contribution >= 4 is 11.8 Å². The van der Waals surface area contributed by atoms with Crippen molar-refractivity contribution in [1.29, 1.82) is 0 Å². The normalized spacial score (nSPS) is 10.3. The van der Waals surface area contributed by atoms with Gasteiger partial charge in [-0.1, -0.05) is 0 Å². The predicted octanol–water partition coefficient (Wildman–Crippen LogP) is 2.24. The molecule has 1 aromatic rings. The van der Waals surface area contributed by atoms with Crippen LogP contribution in [0.5, 0.6) is 0 Å². The third-order valence-corrected chi connectivity index (χ3v) is 2.18. The van der Waals surface area contributed by atoms with E-state index in [0.717, 1.165) is 23.6 Å². The van der Waals surface area contributed by atoms with E-state index in [2.05, 4.69) is 9.97 Å². The van der Waals surface area contributed by atoms with Crippen LogP contribution in [-0.2, 0) is 12.2 Å². The molecule has 0 unspecified atom stereocenters. The van der Waals surface area contributed by atoms with E-state index in [0.29, 0.717) is 6.42 Å². The Morgan fingerprint density at radius 3 is 2.62 bits per heavy atom. The Hall–Kier alpha value is -0.640. The zero-order valence-corrected chi connectivity index (χ0v) is 8.48. The maximum absolute atomic E-state index is 11.8. The smallest absolute Gasteiger partial charge is 0.138 e. The Morgan fingerprint density at radius 2 is 2.08 bits per heavy atom. The van der Waals surface area contributed by atoms with E-state index >= 15 is 0 Å². The third kappa shape index (κ3) is 3.72. The number of thioether (sulfide) groups is 1. The SMILES string of the molecule is CSCc1ncc(CCCF)cn1. The highest BCUT2D eigenvalue weighted by molar-refractivity contribution is 7.97. The van der Waals surface area contributed by atoms with Crippen LogP contribution >= 0.6 is 11.8 Å². The topological polar surface area (TPSA) is 25.8 Å². The molecule has 13 heavy (non-hydrogen) atoms. The van der Waals surface area contributed by atoms with Gasteiger partial charge < -0.3 is 0 Å². The Labute approximate surface area is 82.0 Å². The van der Waals surface area contributed by atoms with E-state index in [1.54, 1.807) is 24.2 Å². The molecular formula is C9H13FN2S. The van der Waals surface area contributed by atoms with E-state index in [-0.39, 0.29) is 6.67 Å². The lowest BCUT2D eigenvalue weighted by atomic mass is 10.2. The number of hydrogen-bond acceptors (Lipinski definition) is 3. The molecule has 0 radical (unpaired) electrons. The fourth-order valence-corrected chi connectivity index (χ4v) is 1.39. The van der Waals surface area contributed by atoms with Crippen molar-refractivity contribution in [3.8, 4) is 0 Å². The summed E-state index contributed by atoms with van der Waals surface area (Å²) in [5.41, 5.74) is 1.02. The number of halogens is 1. The molecule has 1 heterocycles. The average molecular weight is 200 g/mol. The maximum atomic E-state index is 11.8. The minimum absolute atomic E-state index is 0.271. The molecule has 0 saturated carbocycles. The van der Waals surface area contributed by atoms with Gasteiger partial charge in [0.15, 0.2) is 0 Å². The Balaban J connectivity index is 2.48. The Kier molecular flexibility index (Phi) is 4.75. The van der Waals surface area contributed by atoms with Gasteiger partial charge in [-0.15, -0.1) is 0 Å². The number of rotatable bonds is 5. The molecule has 72 valence electrons. The van der Waals surface area contributed by atoms with E-state index < -0.39 is 0 Å². The van der Waals surface area contributed by atoms with Gasteiger partial charge in [0.1, 0.15) is 5.82 Å². The van der Waals surface area contributed by atoms with E-state index in [9.17, 15) is 4.39 Å². The summed E-state index contributed by atoms with van der Waals surface area (Å²) in [6, 6.07) is 0. The van der Waals surface area contributed by atoms with Gasteiger partial charge in [0, 0.05) is 12.4 Å². The summed E-state index contributed by atoms with van der Waals surface area (Å²) in [7, 11) is 0. The summed E-state index contributed by atoms with van der Waals surface area (Å²) >= 11 is 1.69. The highest BCUT2D eigenvalue weighted by Gasteiger charge is 1.96. The van der Waals surface area contributed by atoms with Crippen LogP contribution in [-0.4, -0.2) is 22.9 Å². The first kappa shape index (κ1) is 10.4. The summed E-state index contributed by atoms with van der Waals surface area (Å²) < 4.78 is 11.8. The van der Waals surface area contributed by atoms with E-state index in [4.69, 9.17) is 0 Å². The van der Waals surface area contributed by atoms with Gasteiger partial charge in [0.25, 0.3) is 0 Å². The first-order valence-electron chi connectivity index (χ1n) is 4.21. The molecule has 0 bridgehead atoms. The van der Waals surface area contributed by atoms with Crippen molar-refractivity contribution in [2.45, 2.75) is 18.6 Å². The standard InChI is InChI=1S/C9H13FN2S/c1-13-7-9-11-5-8(6-12-9)3-2-4-10/h5-6H,2-4,7H2,1H3. The molecule has 0 saturated heterocycles. The van der Waals surface area contributed by atoms with Gasteiger partial charge in [-0.3, -0.25) is 4.39 Å². The summed E-state index contributed by atoms with van der Waals surface area (Å²) in [6.45, 7) is -0.271. The van der Waals surface area contributed by atoms with Gasteiger partial charge in [-0.2, -0.15) is 11.8 Å². The highest BCUT2D eigenvalue weighted by Crippen LogP contribution is 2.05. The molecule has 0 spiro atoms. The lowest BCUT2D eigenvalue weighted by Crippen LogP contribution is -1.95. The van der Waals surface area contributed by atoms with Crippen LogP contribution in [0.15, 0.2) is 12.4 Å². The summed E-state index contributed by atoms with van der Waals surface area (Å²) in [5.74, 6) is 1.68. The van der Waals surface area contributed by atoms with Crippen molar-refractivity contribution in [1.82, 2.24) is 9.97 Å². The molecule has 1 aromatic heterocycles. The number of aromatic nitrogens is 2. The van der Waals surface area contributed by atoms with Crippen LogP contribution in [0.2, 0.25) is 0 Å². The molecule has 0 fully saturated rings. The fraction of sp³-hybridized carbons (Fsp3) is 0.556. The first-order chi connectivity index (χ1) is 6.36. The summed E-state index contributed by atoms with van der Waals surface area (Å²) in [6.07, 6.45) is 6.88. The molecule has 0 atom stereocenters. The fourth-order valence-electron chi connectivity index (χ4n) is 0.985. The number of alkyl halides is 1. The predicted molar refractivity (Wildman–Crippen MR) is 53.5 cm³/mol. The van der Waals surface area contributed by atoms with Gasteiger partial charge in [0.05, 0.1) is 12.4 Å². The van der Waals surface area contributed by atoms with Crippen molar-refractivity contribution < 1.29 is 4.39 Å². The zero-order chi connectivity index (χ0) is 9.52. The monoisotopic (exact) mass is 200 g/mol. The summed E-state index contributed by atoms with van der Waals surface area (Å²) in [4.78, 5) is 8.33. The summed E-state index contributed by atoms with van der Waals surface area (Å²) in [5, 5.41) is 0. The molecule has 0 amide bonds. The molecule has 0 aliphatic rings. The van der Waals surface area contributed by atoms with Crippen molar-refractivity contribution in [3.05, 3.63) is 23.8 Å². The van der Waals surface area contributed by atoms with Crippen LogP contribution < -0.4 is 0 Å². The van der Waals surface area contributed by atoms with E-state index in [1.807, 2.05) is 6.26 Å². The van der Waals surface area contributed by atoms with Crippen molar-refractivity contribution in [2.75, 3.05) is 12.9 Å². The van der Waals surface area contributed by atoms with Gasteiger partial charge in [-0.05, 0) is 24.7 Å². The van der Waals surface area contributed by atoms with Gasteiger partial charge >= 0.3 is 0 Å². The molecule has 0 aliphatic heterocycles. The molecule has 0 aliphatic carbocycles. The number of hydrogen-bond donors (Lipinski definition) is 0. The van der Waals surface area contributed by atoms with Gasteiger partial charge in [0.2, 0.25) is 0 Å². The first-order valence-corrected chi connectivity index (χ1v) is 5.61. The van der Waals surface area contributed by atoms with Gasteiger partial charge in [-0.25, -0.2) is 9.97 Å². The van der Waals surface area contributed by atoms with Crippen LogP contribution in [0.3, 0.4) is 0 Å². The minimum Gasteiger partial charge on any atom is -0.251 e. The zero-order valence-electron chi connectivity index (χ0n) is 7.66. The average Bonchev–Trinajstić information content (AvgIpc) is 2.17. The number of nitrogens with zero attached hydrogens (tertiary/aromatic N) is 2. The van der Waals surface area contributed by atoms with Crippen LogP contribution in [0.25, 0.3) is 0 Å². The lowest BCUT2D eigenvalue weighted by Gasteiger charge is -1.99. The number of aryl methyl sites for hydroxylation is 1. The lowest BCUT2D eigenvalue weighted by molar-refractivity contribution is 0.472. The largest absolute Gasteiger partial charge is 0.251 e. The quantitative estimate of drug-likeness (QED) is 0.729. The second-order valence-corrected chi connectivity index (χ2v) is 3.60. The van der Waals surface area contributed by atoms with E-state index in [1.165, 1.54) is 0 Å². The molecule has 4 heteroatoms. The third-order valence-electron chi connectivity index (χ3n) is 1.63. The van der Waals surface area contributed by atoms with Crippen LogP contribution in [0.4, 0.5) is 4.39 Å². The molecule has 2 nitrogen and oxygen atoms in total. The minimum atomic E-state index is -0.271. The second kappa shape index (κ2) is 5.91. The Morgan fingerprint density at radius 1 is 1.38 bits per heavy atom. The molecule has 0 N–H and O–H groups in total. The maximum Gasteiger partial charge on any atom is 0.138 e. The Bertz CT molecular complexity index is 238. The molecule has 1 rings (SSSR count). The molecule has 0 aromatic carbocycles. The molecular weight excluding hydrogens is 187 g/mol. The van der Waals surface area contributed by atoms with Crippen molar-refractivity contribution in [2.24, 2.45) is 0 Å².